The average molecular weight is 398 g/mol. The maximum atomic E-state index is 13.6. The third kappa shape index (κ3) is 2.69. The normalized spacial score (nSPS) is 28.0. The van der Waals surface area contributed by atoms with Gasteiger partial charge in [0.15, 0.2) is 0 Å². The van der Waals surface area contributed by atoms with Crippen LogP contribution in [0.5, 0.6) is 0 Å². The highest BCUT2D eigenvalue weighted by Crippen LogP contribution is 2.50. The maximum Gasteiger partial charge on any atom is 0.137 e. The monoisotopic (exact) mass is 397 g/mol. The Morgan fingerprint density at radius 3 is 2.91 bits per heavy atom. The van der Waals surface area contributed by atoms with Crippen LogP contribution in [0.4, 0.5) is 4.39 Å². The van der Waals surface area contributed by atoms with E-state index in [9.17, 15) is 4.39 Å². The van der Waals surface area contributed by atoms with Gasteiger partial charge in [-0.1, -0.05) is 6.07 Å². The highest BCUT2D eigenvalue weighted by atomic mass is 79.9. The van der Waals surface area contributed by atoms with E-state index in [0.717, 1.165) is 12.8 Å². The molecule has 0 amide bonds. The summed E-state index contributed by atoms with van der Waals surface area (Å²) in [4.78, 5) is 6.45. The van der Waals surface area contributed by atoms with E-state index in [1.807, 2.05) is 35.7 Å². The van der Waals surface area contributed by atoms with Gasteiger partial charge in [-0.3, -0.25) is 4.99 Å². The second kappa shape index (κ2) is 6.33. The molecule has 3 heterocycles. The minimum Gasteiger partial charge on any atom is -0.260 e. The molecule has 2 atom stereocenters. The van der Waals surface area contributed by atoms with Crippen molar-refractivity contribution in [2.24, 2.45) is 4.99 Å². The molecule has 3 aliphatic heterocycles. The fraction of sp³-hybridized carbons (Fsp3) is 0.471. The van der Waals surface area contributed by atoms with Gasteiger partial charge >= 0.3 is 0 Å². The summed E-state index contributed by atoms with van der Waals surface area (Å²) in [6.07, 6.45) is 4.67. The van der Waals surface area contributed by atoms with Crippen LogP contribution in [0.2, 0.25) is 0 Å². The number of thioether (sulfide) groups is 2. The van der Waals surface area contributed by atoms with Gasteiger partial charge in [-0.05, 0) is 70.8 Å². The largest absolute Gasteiger partial charge is 0.260 e. The van der Waals surface area contributed by atoms with Gasteiger partial charge in [0.05, 0.1) is 15.4 Å². The molecule has 1 nitrogen and oxygen atoms in total. The number of fused-ring (bicyclic) bond motifs is 1. The maximum absolute atomic E-state index is 13.6. The van der Waals surface area contributed by atoms with Gasteiger partial charge in [0.2, 0.25) is 0 Å². The molecule has 3 aliphatic rings. The van der Waals surface area contributed by atoms with E-state index in [-0.39, 0.29) is 5.82 Å². The van der Waals surface area contributed by atoms with Crippen LogP contribution in [0.15, 0.2) is 38.3 Å². The molecule has 5 heteroatoms. The lowest BCUT2D eigenvalue weighted by molar-refractivity contribution is 0.619. The summed E-state index contributed by atoms with van der Waals surface area (Å²) in [5.41, 5.74) is 3.89. The quantitative estimate of drug-likeness (QED) is 0.596. The van der Waals surface area contributed by atoms with Crippen molar-refractivity contribution in [2.45, 2.75) is 36.9 Å². The topological polar surface area (TPSA) is 12.4 Å². The first-order chi connectivity index (χ1) is 10.7. The predicted molar refractivity (Wildman–Crippen MR) is 98.5 cm³/mol. The van der Waals surface area contributed by atoms with Crippen LogP contribution in [-0.2, 0) is 0 Å². The first kappa shape index (κ1) is 15.3. The minimum absolute atomic E-state index is 0.185. The summed E-state index contributed by atoms with van der Waals surface area (Å²) in [5, 5.41) is 0.440. The molecule has 0 bridgehead atoms. The van der Waals surface area contributed by atoms with Crippen LogP contribution in [0.1, 0.15) is 37.2 Å². The van der Waals surface area contributed by atoms with Gasteiger partial charge in [0.1, 0.15) is 5.82 Å². The number of aliphatic imine (C=N–C) groups is 1. The van der Waals surface area contributed by atoms with Gasteiger partial charge in [-0.15, -0.1) is 11.8 Å². The second-order valence-corrected chi connectivity index (χ2v) is 9.15. The zero-order valence-electron chi connectivity index (χ0n) is 12.1. The lowest BCUT2D eigenvalue weighted by Gasteiger charge is -2.38. The summed E-state index contributed by atoms with van der Waals surface area (Å²) in [6.45, 7) is 0. The molecule has 0 spiro atoms. The van der Waals surface area contributed by atoms with Crippen LogP contribution in [0, 0.1) is 5.82 Å². The molecule has 0 N–H and O–H groups in total. The van der Waals surface area contributed by atoms with E-state index < -0.39 is 0 Å². The highest BCUT2D eigenvalue weighted by Gasteiger charge is 2.38. The number of hydrogen-bond acceptors (Lipinski definition) is 3. The molecule has 1 aromatic rings. The van der Waals surface area contributed by atoms with Crippen LogP contribution < -0.4 is 0 Å². The van der Waals surface area contributed by atoms with E-state index in [4.69, 9.17) is 4.99 Å². The molecule has 1 aromatic carbocycles. The molecular weight excluding hydrogens is 381 g/mol. The predicted octanol–water partition coefficient (Wildman–Crippen LogP) is 5.76. The van der Waals surface area contributed by atoms with Crippen LogP contribution in [0.25, 0.3) is 0 Å². The molecule has 1 fully saturated rings. The molecule has 2 unspecified atom stereocenters. The van der Waals surface area contributed by atoms with Crippen molar-refractivity contribution in [3.63, 3.8) is 0 Å². The molecule has 0 saturated carbocycles. The number of rotatable bonds is 1. The van der Waals surface area contributed by atoms with Crippen molar-refractivity contribution in [1.29, 1.82) is 0 Å². The molecule has 0 aliphatic carbocycles. The van der Waals surface area contributed by atoms with Crippen molar-refractivity contribution >= 4 is 45.2 Å². The summed E-state index contributed by atoms with van der Waals surface area (Å²) in [7, 11) is 0. The van der Waals surface area contributed by atoms with E-state index in [1.54, 1.807) is 6.07 Å². The highest BCUT2D eigenvalue weighted by molar-refractivity contribution is 9.10. The van der Waals surface area contributed by atoms with Crippen molar-refractivity contribution in [3.05, 3.63) is 44.7 Å². The van der Waals surface area contributed by atoms with Crippen molar-refractivity contribution in [1.82, 2.24) is 0 Å². The van der Waals surface area contributed by atoms with Crippen LogP contribution in [0.3, 0.4) is 0 Å². The van der Waals surface area contributed by atoms with Crippen molar-refractivity contribution < 1.29 is 4.39 Å². The Labute approximate surface area is 147 Å². The number of halogens is 2. The number of benzene rings is 1. The van der Waals surface area contributed by atoms with Gasteiger partial charge in [-0.25, -0.2) is 4.39 Å². The zero-order valence-corrected chi connectivity index (χ0v) is 15.4. The molecule has 0 aromatic heterocycles. The fourth-order valence-electron chi connectivity index (χ4n) is 3.46. The number of nitrogens with zero attached hydrogens (tertiary/aromatic N) is 1. The van der Waals surface area contributed by atoms with E-state index in [2.05, 4.69) is 15.9 Å². The first-order valence-corrected chi connectivity index (χ1v) is 10.6. The molecule has 22 heavy (non-hydrogen) atoms. The minimum atomic E-state index is -0.185. The summed E-state index contributed by atoms with van der Waals surface area (Å²) < 4.78 is 14.2. The van der Waals surface area contributed by atoms with E-state index in [1.165, 1.54) is 46.2 Å². The lowest BCUT2D eigenvalue weighted by Crippen LogP contribution is -2.33. The summed E-state index contributed by atoms with van der Waals surface area (Å²) >= 11 is 7.35. The van der Waals surface area contributed by atoms with Gasteiger partial charge in [-0.2, -0.15) is 11.8 Å². The Kier molecular flexibility index (Phi) is 4.39. The smallest absolute Gasteiger partial charge is 0.137 e. The van der Waals surface area contributed by atoms with Crippen LogP contribution in [-0.4, -0.2) is 22.5 Å². The molecule has 1 saturated heterocycles. The van der Waals surface area contributed by atoms with Crippen molar-refractivity contribution in [2.75, 3.05) is 11.5 Å². The Balaban J connectivity index is 1.81. The second-order valence-electron chi connectivity index (χ2n) is 5.91. The molecular formula is C17H17BrFNS2. The zero-order chi connectivity index (χ0) is 15.1. The summed E-state index contributed by atoms with van der Waals surface area (Å²) in [6, 6.07) is 5.52. The van der Waals surface area contributed by atoms with Crippen LogP contribution >= 0.6 is 39.5 Å². The third-order valence-electron chi connectivity index (χ3n) is 4.47. The van der Waals surface area contributed by atoms with Gasteiger partial charge < -0.3 is 0 Å². The first-order valence-electron chi connectivity index (χ1n) is 7.74. The lowest BCUT2D eigenvalue weighted by atomic mass is 9.87. The number of allylic oxidation sites excluding steroid dienone is 2. The van der Waals surface area contributed by atoms with Gasteiger partial charge in [0.25, 0.3) is 0 Å². The third-order valence-corrected chi connectivity index (χ3v) is 7.80. The Morgan fingerprint density at radius 2 is 2.05 bits per heavy atom. The number of hydrogen-bond donors (Lipinski definition) is 0. The fourth-order valence-corrected chi connectivity index (χ4v) is 6.63. The van der Waals surface area contributed by atoms with E-state index in [0.29, 0.717) is 15.6 Å². The van der Waals surface area contributed by atoms with E-state index >= 15 is 0 Å². The summed E-state index contributed by atoms with van der Waals surface area (Å²) in [5.74, 6) is 2.56. The standard InChI is InChI=1S/C17H17BrFNS2/c18-11-9-10(5-6-12(11)19)15-16-13(3-1-7-21-16)20-14-4-2-8-22-17(14)15/h5-6,9,15-16H,1-4,7-8H2. The Bertz CT molecular complexity index is 671. The Morgan fingerprint density at radius 1 is 1.18 bits per heavy atom. The molecule has 4 rings (SSSR count). The Hall–Kier alpha value is -0.260. The van der Waals surface area contributed by atoms with Crippen molar-refractivity contribution in [3.8, 4) is 0 Å². The van der Waals surface area contributed by atoms with Gasteiger partial charge in [0, 0.05) is 16.5 Å². The molecule has 0 radical (unpaired) electrons. The SMILES string of the molecule is Fc1ccc(C2C3=C(CCCS3)N=C3CCCSC32)cc1Br. The average Bonchev–Trinajstić information content (AvgIpc) is 2.55. The molecule has 116 valence electrons.